The highest BCUT2D eigenvalue weighted by molar-refractivity contribution is 7.89. The summed E-state index contributed by atoms with van der Waals surface area (Å²) in [7, 11) is -1.96. The third kappa shape index (κ3) is 5.95. The van der Waals surface area contributed by atoms with E-state index in [9.17, 15) is 13.2 Å². The van der Waals surface area contributed by atoms with Crippen LogP contribution in [-0.4, -0.2) is 45.4 Å². The smallest absolute Gasteiger partial charge is 0.243 e. The van der Waals surface area contributed by atoms with Crippen molar-refractivity contribution in [3.8, 4) is 5.75 Å². The molecule has 1 saturated carbocycles. The van der Waals surface area contributed by atoms with Gasteiger partial charge in [0.1, 0.15) is 5.75 Å². The second kappa shape index (κ2) is 10.4. The van der Waals surface area contributed by atoms with Crippen molar-refractivity contribution in [2.45, 2.75) is 62.7 Å². The number of carbonyl (C=O) groups is 1. The molecule has 1 atom stereocenters. The molecule has 1 N–H and O–H groups in total. The van der Waals surface area contributed by atoms with E-state index in [1.165, 1.54) is 19.3 Å². The Morgan fingerprint density at radius 1 is 1.03 bits per heavy atom. The summed E-state index contributed by atoms with van der Waals surface area (Å²) in [6.45, 7) is 1.55. The Bertz CT molecular complexity index is 756. The maximum atomic E-state index is 13.0. The molecule has 1 aliphatic carbocycles. The van der Waals surface area contributed by atoms with Gasteiger partial charge in [-0.1, -0.05) is 32.1 Å². The van der Waals surface area contributed by atoms with Gasteiger partial charge in [-0.2, -0.15) is 4.31 Å². The summed E-state index contributed by atoms with van der Waals surface area (Å²) in [5.41, 5.74) is 0. The van der Waals surface area contributed by atoms with Crippen molar-refractivity contribution in [1.29, 1.82) is 0 Å². The zero-order chi connectivity index (χ0) is 20.7. The van der Waals surface area contributed by atoms with Crippen molar-refractivity contribution in [2.75, 3.05) is 26.7 Å². The Morgan fingerprint density at radius 2 is 1.69 bits per heavy atom. The zero-order valence-corrected chi connectivity index (χ0v) is 18.3. The Hall–Kier alpha value is -1.60. The molecule has 1 unspecified atom stereocenters. The summed E-state index contributed by atoms with van der Waals surface area (Å²) >= 11 is 0. The highest BCUT2D eigenvalue weighted by Gasteiger charge is 2.31. The fourth-order valence-corrected chi connectivity index (χ4v) is 5.97. The predicted octanol–water partition coefficient (Wildman–Crippen LogP) is 3.57. The molecule has 1 aromatic carbocycles. The minimum Gasteiger partial charge on any atom is -0.497 e. The van der Waals surface area contributed by atoms with E-state index in [4.69, 9.17) is 4.74 Å². The van der Waals surface area contributed by atoms with E-state index in [0.29, 0.717) is 25.4 Å². The molecule has 0 radical (unpaired) electrons. The molecule has 2 fully saturated rings. The minimum absolute atomic E-state index is 0.123. The average molecular weight is 423 g/mol. The molecule has 2 aliphatic rings. The van der Waals surface area contributed by atoms with Gasteiger partial charge in [0.25, 0.3) is 0 Å². The third-order valence-electron chi connectivity index (χ3n) is 6.22. The summed E-state index contributed by atoms with van der Waals surface area (Å²) in [4.78, 5) is 12.9. The number of hydrogen-bond donors (Lipinski definition) is 1. The number of rotatable bonds is 6. The lowest BCUT2D eigenvalue weighted by molar-refractivity contribution is -0.125. The predicted molar refractivity (Wildman–Crippen MR) is 113 cm³/mol. The summed E-state index contributed by atoms with van der Waals surface area (Å²) < 4.78 is 32.6. The lowest BCUT2D eigenvalue weighted by atomic mass is 9.90. The molecule has 6 nitrogen and oxygen atoms in total. The van der Waals surface area contributed by atoms with Gasteiger partial charge in [0, 0.05) is 25.6 Å². The summed E-state index contributed by atoms with van der Waals surface area (Å²) in [5, 5.41) is 3.12. The topological polar surface area (TPSA) is 75.7 Å². The van der Waals surface area contributed by atoms with E-state index in [-0.39, 0.29) is 22.6 Å². The Morgan fingerprint density at radius 3 is 2.34 bits per heavy atom. The second-order valence-corrected chi connectivity index (χ2v) is 10.3. The van der Waals surface area contributed by atoms with Crippen LogP contribution in [0.1, 0.15) is 57.8 Å². The Kier molecular flexibility index (Phi) is 7.95. The second-order valence-electron chi connectivity index (χ2n) is 8.33. The van der Waals surface area contributed by atoms with Crippen LogP contribution in [0.15, 0.2) is 29.2 Å². The first-order valence-electron chi connectivity index (χ1n) is 10.9. The zero-order valence-electron chi connectivity index (χ0n) is 17.4. The first-order valence-corrected chi connectivity index (χ1v) is 12.4. The number of amides is 1. The normalized spacial score (nSPS) is 22.4. The monoisotopic (exact) mass is 422 g/mol. The number of nitrogens with zero attached hydrogens (tertiary/aromatic N) is 1. The lowest BCUT2D eigenvalue weighted by Crippen LogP contribution is -2.44. The van der Waals surface area contributed by atoms with E-state index >= 15 is 0 Å². The fraction of sp³-hybridized carbons (Fsp3) is 0.682. The van der Waals surface area contributed by atoms with Crippen LogP contribution in [0.3, 0.4) is 0 Å². The van der Waals surface area contributed by atoms with Gasteiger partial charge in [-0.15, -0.1) is 0 Å². The average Bonchev–Trinajstić information content (AvgIpc) is 2.72. The molecule has 0 aromatic heterocycles. The van der Waals surface area contributed by atoms with E-state index < -0.39 is 10.0 Å². The van der Waals surface area contributed by atoms with Crippen LogP contribution in [0.5, 0.6) is 5.75 Å². The molecule has 1 aliphatic heterocycles. The molecular formula is C22H34N2O4S. The highest BCUT2D eigenvalue weighted by atomic mass is 32.2. The van der Waals surface area contributed by atoms with Crippen LogP contribution >= 0.6 is 0 Å². The number of hydrogen-bond acceptors (Lipinski definition) is 4. The molecule has 7 heteroatoms. The summed E-state index contributed by atoms with van der Waals surface area (Å²) in [6.07, 6.45) is 9.73. The molecule has 1 heterocycles. The van der Waals surface area contributed by atoms with E-state index in [0.717, 1.165) is 38.5 Å². The minimum atomic E-state index is -3.52. The van der Waals surface area contributed by atoms with Crippen molar-refractivity contribution in [3.05, 3.63) is 24.3 Å². The van der Waals surface area contributed by atoms with E-state index in [2.05, 4.69) is 5.32 Å². The first kappa shape index (κ1) is 22.1. The highest BCUT2D eigenvalue weighted by Crippen LogP contribution is 2.26. The summed E-state index contributed by atoms with van der Waals surface area (Å²) in [5.74, 6) is 1.08. The van der Waals surface area contributed by atoms with Crippen molar-refractivity contribution in [3.63, 3.8) is 0 Å². The number of nitrogens with one attached hydrogen (secondary N) is 1. The van der Waals surface area contributed by atoms with Gasteiger partial charge in [-0.3, -0.25) is 4.79 Å². The van der Waals surface area contributed by atoms with Gasteiger partial charge in [0.15, 0.2) is 0 Å². The Labute approximate surface area is 175 Å². The fourth-order valence-electron chi connectivity index (χ4n) is 4.42. The van der Waals surface area contributed by atoms with Crippen molar-refractivity contribution in [1.82, 2.24) is 9.62 Å². The van der Waals surface area contributed by atoms with Gasteiger partial charge < -0.3 is 10.1 Å². The van der Waals surface area contributed by atoms with Crippen LogP contribution < -0.4 is 10.1 Å². The van der Waals surface area contributed by atoms with E-state index in [1.54, 1.807) is 35.7 Å². The maximum Gasteiger partial charge on any atom is 0.243 e. The van der Waals surface area contributed by atoms with Gasteiger partial charge in [-0.05, 0) is 55.9 Å². The number of methoxy groups -OCH3 is 1. The molecule has 0 bridgehead atoms. The molecule has 1 amide bonds. The quantitative estimate of drug-likeness (QED) is 0.760. The molecule has 3 rings (SSSR count). The number of piperidine rings is 1. The van der Waals surface area contributed by atoms with Gasteiger partial charge in [0.2, 0.25) is 15.9 Å². The molecule has 1 saturated heterocycles. The van der Waals surface area contributed by atoms with E-state index in [1.807, 2.05) is 0 Å². The molecular weight excluding hydrogens is 388 g/mol. The van der Waals surface area contributed by atoms with Crippen molar-refractivity contribution >= 4 is 15.9 Å². The van der Waals surface area contributed by atoms with Crippen LogP contribution in [0.4, 0.5) is 0 Å². The van der Waals surface area contributed by atoms with Crippen LogP contribution in [-0.2, 0) is 14.8 Å². The number of benzene rings is 1. The van der Waals surface area contributed by atoms with Gasteiger partial charge >= 0.3 is 0 Å². The molecule has 0 spiro atoms. The van der Waals surface area contributed by atoms with Crippen LogP contribution in [0, 0.1) is 11.8 Å². The van der Waals surface area contributed by atoms with Crippen molar-refractivity contribution in [2.24, 2.45) is 11.8 Å². The lowest BCUT2D eigenvalue weighted by Gasteiger charge is -2.32. The Balaban J connectivity index is 1.54. The third-order valence-corrected chi connectivity index (χ3v) is 8.10. The number of ether oxygens (including phenoxy) is 1. The van der Waals surface area contributed by atoms with Crippen molar-refractivity contribution < 1.29 is 17.9 Å². The molecule has 1 aromatic rings. The first-order chi connectivity index (χ1) is 14.0. The SMILES string of the molecule is COc1ccc(S(=O)(=O)N2CCCC(CNC(=O)C3CCCCCCC3)C2)cc1. The maximum absolute atomic E-state index is 13.0. The molecule has 162 valence electrons. The van der Waals surface area contributed by atoms with Gasteiger partial charge in [-0.25, -0.2) is 8.42 Å². The molecule has 29 heavy (non-hydrogen) atoms. The van der Waals surface area contributed by atoms with Crippen LogP contribution in [0.2, 0.25) is 0 Å². The van der Waals surface area contributed by atoms with Crippen LogP contribution in [0.25, 0.3) is 0 Å². The number of sulfonamides is 1. The number of carbonyl (C=O) groups excluding carboxylic acids is 1. The summed E-state index contributed by atoms with van der Waals surface area (Å²) in [6, 6.07) is 6.52. The van der Waals surface area contributed by atoms with Gasteiger partial charge in [0.05, 0.1) is 12.0 Å². The largest absolute Gasteiger partial charge is 0.497 e. The standard InChI is InChI=1S/C22H34N2O4S/c1-28-20-11-13-21(14-12-20)29(26,27)24-15-7-8-18(17-24)16-23-22(25)19-9-5-3-2-4-6-10-19/h11-14,18-19H,2-10,15-17H2,1H3,(H,23,25).